The number of benzene rings is 1. The highest BCUT2D eigenvalue weighted by Gasteiger charge is 2.57. The van der Waals surface area contributed by atoms with Crippen molar-refractivity contribution in [2.24, 2.45) is 5.92 Å². The first kappa shape index (κ1) is 14.0. The van der Waals surface area contributed by atoms with E-state index >= 15 is 0 Å². The van der Waals surface area contributed by atoms with Gasteiger partial charge in [-0.15, -0.1) is 0 Å². The van der Waals surface area contributed by atoms with Crippen molar-refractivity contribution in [2.75, 3.05) is 18.5 Å². The molecule has 1 unspecified atom stereocenters. The van der Waals surface area contributed by atoms with Crippen LogP contribution in [-0.4, -0.2) is 25.1 Å². The van der Waals surface area contributed by atoms with E-state index in [0.717, 1.165) is 37.8 Å². The molecule has 1 aromatic carbocycles. The number of anilines is 1. The van der Waals surface area contributed by atoms with Gasteiger partial charge in [-0.2, -0.15) is 0 Å². The Bertz CT molecular complexity index is 634. The number of carbonyl (C=O) groups excluding carboxylic acids is 1. The molecule has 3 aliphatic rings. The number of fused-ring (bicyclic) bond motifs is 1. The number of likely N-dealkylation sites (N-methyl/N-ethyl adjacent to an activating group) is 1. The summed E-state index contributed by atoms with van der Waals surface area (Å²) in [6.07, 6.45) is 3.58. The highest BCUT2D eigenvalue weighted by molar-refractivity contribution is 6.04. The van der Waals surface area contributed by atoms with Gasteiger partial charge in [-0.3, -0.25) is 4.79 Å². The van der Waals surface area contributed by atoms with Crippen molar-refractivity contribution in [1.82, 2.24) is 5.32 Å². The number of halogens is 1. The zero-order valence-electron chi connectivity index (χ0n) is 13.0. The van der Waals surface area contributed by atoms with Crippen LogP contribution in [0.5, 0.6) is 5.75 Å². The number of rotatable bonds is 1. The van der Waals surface area contributed by atoms with E-state index < -0.39 is 5.60 Å². The van der Waals surface area contributed by atoms with Crippen LogP contribution in [0.15, 0.2) is 12.1 Å². The van der Waals surface area contributed by atoms with Gasteiger partial charge >= 0.3 is 0 Å². The predicted molar refractivity (Wildman–Crippen MR) is 81.5 cm³/mol. The fourth-order valence-corrected chi connectivity index (χ4v) is 3.57. The molecule has 2 aliphatic heterocycles. The molecular formula is C17H21FN2O2. The molecule has 2 heterocycles. The topological polar surface area (TPSA) is 41.6 Å². The van der Waals surface area contributed by atoms with Crippen LogP contribution in [0.2, 0.25) is 0 Å². The molecule has 5 heteroatoms. The summed E-state index contributed by atoms with van der Waals surface area (Å²) in [4.78, 5) is 13.7. The maximum absolute atomic E-state index is 14.6. The zero-order valence-corrected chi connectivity index (χ0v) is 13.0. The van der Waals surface area contributed by atoms with Gasteiger partial charge in [0, 0.05) is 25.9 Å². The Labute approximate surface area is 129 Å². The van der Waals surface area contributed by atoms with Crippen LogP contribution in [0.1, 0.15) is 44.2 Å². The summed E-state index contributed by atoms with van der Waals surface area (Å²) in [5.74, 6) is 0.666. The molecule has 4 nitrogen and oxygen atoms in total. The van der Waals surface area contributed by atoms with Gasteiger partial charge in [0.15, 0.2) is 11.4 Å². The number of hydrogen-bond acceptors (Lipinski definition) is 3. The summed E-state index contributed by atoms with van der Waals surface area (Å²) in [5, 5.41) is 3.47. The zero-order chi connectivity index (χ0) is 15.5. The fraction of sp³-hybridized carbons (Fsp3) is 0.588. The van der Waals surface area contributed by atoms with E-state index in [1.807, 2.05) is 6.07 Å². The molecule has 1 spiro atoms. The van der Waals surface area contributed by atoms with Crippen molar-refractivity contribution in [3.63, 3.8) is 0 Å². The molecule has 1 amide bonds. The van der Waals surface area contributed by atoms with E-state index in [1.54, 1.807) is 13.1 Å². The number of ether oxygens (including phenoxy) is 1. The maximum Gasteiger partial charge on any atom is 0.271 e. The van der Waals surface area contributed by atoms with Crippen molar-refractivity contribution in [3.05, 3.63) is 23.5 Å². The molecule has 22 heavy (non-hydrogen) atoms. The van der Waals surface area contributed by atoms with Gasteiger partial charge in [-0.1, -0.05) is 6.92 Å². The van der Waals surface area contributed by atoms with Gasteiger partial charge < -0.3 is 15.0 Å². The second-order valence-electron chi connectivity index (χ2n) is 6.95. The van der Waals surface area contributed by atoms with Crippen LogP contribution in [0.4, 0.5) is 10.1 Å². The van der Waals surface area contributed by atoms with E-state index in [-0.39, 0.29) is 23.5 Å². The predicted octanol–water partition coefficient (Wildman–Crippen LogP) is 2.77. The van der Waals surface area contributed by atoms with Crippen molar-refractivity contribution in [1.29, 1.82) is 0 Å². The minimum atomic E-state index is -0.721. The Morgan fingerprint density at radius 3 is 2.77 bits per heavy atom. The number of nitrogens with zero attached hydrogens (tertiary/aromatic N) is 1. The van der Waals surface area contributed by atoms with Crippen molar-refractivity contribution in [3.8, 4) is 5.75 Å². The van der Waals surface area contributed by atoms with E-state index in [1.165, 1.54) is 4.90 Å². The maximum atomic E-state index is 14.6. The molecule has 2 atom stereocenters. The second kappa shape index (κ2) is 4.69. The number of piperidine rings is 1. The number of nitrogens with one attached hydrogen (secondary N) is 1. The summed E-state index contributed by atoms with van der Waals surface area (Å²) in [7, 11) is 1.63. The van der Waals surface area contributed by atoms with Gasteiger partial charge in [0.05, 0.1) is 0 Å². The Kier molecular flexibility index (Phi) is 2.98. The molecule has 2 fully saturated rings. The molecule has 1 saturated heterocycles. The van der Waals surface area contributed by atoms with Gasteiger partial charge in [-0.25, -0.2) is 4.39 Å². The number of hydrogen-bond donors (Lipinski definition) is 1. The third kappa shape index (κ3) is 2.02. The molecular weight excluding hydrogens is 283 g/mol. The lowest BCUT2D eigenvalue weighted by molar-refractivity contribution is -0.127. The van der Waals surface area contributed by atoms with Crippen LogP contribution < -0.4 is 15.0 Å². The lowest BCUT2D eigenvalue weighted by Gasteiger charge is -2.34. The smallest absolute Gasteiger partial charge is 0.271 e. The van der Waals surface area contributed by atoms with Crippen LogP contribution in [0.25, 0.3) is 0 Å². The normalized spacial score (nSPS) is 29.2. The summed E-state index contributed by atoms with van der Waals surface area (Å²) >= 11 is 0. The Balaban J connectivity index is 1.70. The first-order valence-electron chi connectivity index (χ1n) is 8.04. The molecule has 1 saturated carbocycles. The lowest BCUT2D eigenvalue weighted by atomic mass is 9.91. The van der Waals surface area contributed by atoms with Gasteiger partial charge in [0.25, 0.3) is 5.91 Å². The average molecular weight is 304 g/mol. The van der Waals surface area contributed by atoms with E-state index in [9.17, 15) is 9.18 Å². The summed E-state index contributed by atoms with van der Waals surface area (Å²) in [6, 6.07) is 3.62. The van der Waals surface area contributed by atoms with Crippen LogP contribution >= 0.6 is 0 Å². The average Bonchev–Trinajstić information content (AvgIpc) is 3.25. The van der Waals surface area contributed by atoms with Crippen molar-refractivity contribution < 1.29 is 13.9 Å². The van der Waals surface area contributed by atoms with Crippen LogP contribution in [-0.2, 0) is 4.79 Å². The first-order valence-corrected chi connectivity index (χ1v) is 8.04. The molecule has 0 bridgehead atoms. The Hall–Kier alpha value is -1.62. The van der Waals surface area contributed by atoms with Gasteiger partial charge in [0.1, 0.15) is 11.4 Å². The summed E-state index contributed by atoms with van der Waals surface area (Å²) in [6.45, 7) is 3.17. The standard InChI is InChI=1S/C17H21FN2O2/c1-10-3-4-13(19-9-10)11-7-12(18)15-14(8-11)22-17(5-6-17)16(21)20(15)2/h7-8,10,13,19H,3-6,9H2,1-2H3/t10-,13?/m0/s1. The minimum Gasteiger partial charge on any atom is -0.475 e. The first-order chi connectivity index (χ1) is 10.5. The third-order valence-corrected chi connectivity index (χ3v) is 5.15. The highest BCUT2D eigenvalue weighted by atomic mass is 19.1. The quantitative estimate of drug-likeness (QED) is 0.867. The van der Waals surface area contributed by atoms with E-state index in [0.29, 0.717) is 11.7 Å². The SMILES string of the molecule is C[C@H]1CCC(c2cc(F)c3c(c2)OC2(CC2)C(=O)N3C)NC1. The van der Waals surface area contributed by atoms with Crippen molar-refractivity contribution >= 4 is 11.6 Å². The number of carbonyl (C=O) groups is 1. The van der Waals surface area contributed by atoms with Gasteiger partial charge in [0.2, 0.25) is 0 Å². The van der Waals surface area contributed by atoms with E-state index in [2.05, 4.69) is 12.2 Å². The van der Waals surface area contributed by atoms with Crippen LogP contribution in [0, 0.1) is 11.7 Å². The Morgan fingerprint density at radius 2 is 2.14 bits per heavy atom. The summed E-state index contributed by atoms with van der Waals surface area (Å²) in [5.41, 5.74) is 0.471. The lowest BCUT2D eigenvalue weighted by Crippen LogP contribution is -2.46. The highest BCUT2D eigenvalue weighted by Crippen LogP contribution is 2.50. The van der Waals surface area contributed by atoms with Crippen molar-refractivity contribution in [2.45, 2.75) is 44.2 Å². The molecule has 118 valence electrons. The molecule has 0 radical (unpaired) electrons. The largest absolute Gasteiger partial charge is 0.475 e. The second-order valence-corrected chi connectivity index (χ2v) is 6.95. The van der Waals surface area contributed by atoms with Crippen LogP contribution in [0.3, 0.4) is 0 Å². The summed E-state index contributed by atoms with van der Waals surface area (Å²) < 4.78 is 20.4. The molecule has 1 N–H and O–H groups in total. The molecule has 0 aromatic heterocycles. The third-order valence-electron chi connectivity index (χ3n) is 5.15. The van der Waals surface area contributed by atoms with Gasteiger partial charge in [-0.05, 0) is 43.0 Å². The number of amides is 1. The Morgan fingerprint density at radius 1 is 1.36 bits per heavy atom. The monoisotopic (exact) mass is 304 g/mol. The minimum absolute atomic E-state index is 0.128. The molecule has 4 rings (SSSR count). The van der Waals surface area contributed by atoms with E-state index in [4.69, 9.17) is 4.74 Å². The molecule has 1 aliphatic carbocycles. The fourth-order valence-electron chi connectivity index (χ4n) is 3.57. The molecule has 1 aromatic rings.